The van der Waals surface area contributed by atoms with Crippen molar-refractivity contribution in [3.63, 3.8) is 0 Å². The Balaban J connectivity index is 1.84. The molecule has 0 radical (unpaired) electrons. The summed E-state index contributed by atoms with van der Waals surface area (Å²) in [5, 5.41) is 15.6. The predicted octanol–water partition coefficient (Wildman–Crippen LogP) is 3.54. The fourth-order valence-corrected chi connectivity index (χ4v) is 3.19. The van der Waals surface area contributed by atoms with E-state index in [1.807, 2.05) is 54.0 Å². The second-order valence-electron chi connectivity index (χ2n) is 6.25. The van der Waals surface area contributed by atoms with E-state index in [-0.39, 0.29) is 12.5 Å². The predicted molar refractivity (Wildman–Crippen MR) is 107 cm³/mol. The summed E-state index contributed by atoms with van der Waals surface area (Å²) in [4.78, 5) is 17.1. The van der Waals surface area contributed by atoms with E-state index in [9.17, 15) is 9.90 Å². The van der Waals surface area contributed by atoms with E-state index >= 15 is 0 Å². The van der Waals surface area contributed by atoms with Gasteiger partial charge in [0.05, 0.1) is 17.1 Å². The Hall–Kier alpha value is -2.38. The van der Waals surface area contributed by atoms with Crippen LogP contribution in [0.3, 0.4) is 0 Å². The number of para-hydroxylation sites is 2. The van der Waals surface area contributed by atoms with Crippen LogP contribution in [0.2, 0.25) is 0 Å². The van der Waals surface area contributed by atoms with Gasteiger partial charge >= 0.3 is 0 Å². The number of hydrogen-bond acceptors (Lipinski definition) is 4. The summed E-state index contributed by atoms with van der Waals surface area (Å²) in [6, 6.07) is 13.4. The van der Waals surface area contributed by atoms with Crippen LogP contribution in [0.4, 0.5) is 11.6 Å². The third-order valence-corrected chi connectivity index (χ3v) is 4.47. The number of fused-ring (bicyclic) bond motifs is 1. The number of hydrogen-bond donors (Lipinski definition) is 3. The smallest absolute Gasteiger partial charge is 0.244 e. The minimum atomic E-state index is -0.512. The van der Waals surface area contributed by atoms with E-state index in [0.29, 0.717) is 12.5 Å². The average Bonchev–Trinajstić information content (AvgIpc) is 2.93. The van der Waals surface area contributed by atoms with Gasteiger partial charge in [0, 0.05) is 16.7 Å². The average molecular weight is 417 g/mol. The van der Waals surface area contributed by atoms with E-state index in [1.165, 1.54) is 0 Å². The molecule has 7 heteroatoms. The van der Waals surface area contributed by atoms with E-state index in [4.69, 9.17) is 0 Å². The molecule has 0 spiro atoms. The van der Waals surface area contributed by atoms with Crippen molar-refractivity contribution in [2.75, 3.05) is 17.2 Å². The highest BCUT2D eigenvalue weighted by Gasteiger charge is 2.14. The third-order valence-electron chi connectivity index (χ3n) is 3.97. The minimum absolute atomic E-state index is 0.123. The summed E-state index contributed by atoms with van der Waals surface area (Å²) >= 11 is 3.42. The number of halogens is 1. The van der Waals surface area contributed by atoms with Crippen molar-refractivity contribution < 1.29 is 9.90 Å². The fourth-order valence-electron chi connectivity index (χ4n) is 2.71. The van der Waals surface area contributed by atoms with E-state index in [0.717, 1.165) is 26.8 Å². The Bertz CT molecular complexity index is 936. The number of aliphatic hydroxyl groups excluding tert-OH is 1. The molecule has 26 heavy (non-hydrogen) atoms. The van der Waals surface area contributed by atoms with Crippen molar-refractivity contribution in [3.8, 4) is 0 Å². The van der Waals surface area contributed by atoms with Crippen LogP contribution in [0.25, 0.3) is 11.0 Å². The quantitative estimate of drug-likeness (QED) is 0.573. The molecule has 3 N–H and O–H groups in total. The molecule has 136 valence electrons. The van der Waals surface area contributed by atoms with Gasteiger partial charge in [-0.3, -0.25) is 4.79 Å². The molecule has 0 saturated carbocycles. The Morgan fingerprint density at radius 3 is 2.81 bits per heavy atom. The molecule has 0 aliphatic rings. The van der Waals surface area contributed by atoms with Gasteiger partial charge in [-0.1, -0.05) is 28.1 Å². The zero-order valence-electron chi connectivity index (χ0n) is 14.7. The number of benzene rings is 2. The second kappa shape index (κ2) is 7.88. The van der Waals surface area contributed by atoms with Gasteiger partial charge in [-0.25, -0.2) is 4.98 Å². The van der Waals surface area contributed by atoms with E-state index in [2.05, 4.69) is 31.5 Å². The molecule has 0 saturated heterocycles. The molecule has 2 aromatic carbocycles. The third kappa shape index (κ3) is 4.23. The van der Waals surface area contributed by atoms with Gasteiger partial charge in [-0.2, -0.15) is 0 Å². The number of anilines is 2. The number of carbonyl (C=O) groups is 1. The molecule has 3 rings (SSSR count). The van der Waals surface area contributed by atoms with Crippen LogP contribution in [0, 0.1) is 6.92 Å². The number of carbonyl (C=O) groups excluding carboxylic acids is 1. The molecule has 3 aromatic rings. The molecule has 1 heterocycles. The van der Waals surface area contributed by atoms with Crippen molar-refractivity contribution in [3.05, 3.63) is 52.5 Å². The van der Waals surface area contributed by atoms with Crippen LogP contribution in [0.1, 0.15) is 12.5 Å². The van der Waals surface area contributed by atoms with Crippen molar-refractivity contribution in [1.29, 1.82) is 0 Å². The summed E-state index contributed by atoms with van der Waals surface area (Å²) in [6.07, 6.45) is -0.512. The van der Waals surface area contributed by atoms with Gasteiger partial charge in [-0.15, -0.1) is 0 Å². The summed E-state index contributed by atoms with van der Waals surface area (Å²) in [5.74, 6) is 0.424. The van der Waals surface area contributed by atoms with Gasteiger partial charge in [0.1, 0.15) is 6.54 Å². The molecule has 6 nitrogen and oxygen atoms in total. The van der Waals surface area contributed by atoms with Gasteiger partial charge in [0.2, 0.25) is 11.9 Å². The number of aliphatic hydroxyl groups is 1. The number of aryl methyl sites for hydroxylation is 1. The number of aromatic nitrogens is 2. The lowest BCUT2D eigenvalue weighted by Gasteiger charge is -2.13. The summed E-state index contributed by atoms with van der Waals surface area (Å²) in [5.41, 5.74) is 3.42. The first-order valence-corrected chi connectivity index (χ1v) is 9.16. The Morgan fingerprint density at radius 2 is 2.08 bits per heavy atom. The fraction of sp³-hybridized carbons (Fsp3) is 0.263. The second-order valence-corrected chi connectivity index (χ2v) is 7.16. The van der Waals surface area contributed by atoms with Crippen LogP contribution in [0.15, 0.2) is 46.9 Å². The maximum atomic E-state index is 12.6. The number of rotatable bonds is 6. The summed E-state index contributed by atoms with van der Waals surface area (Å²) in [7, 11) is 0. The highest BCUT2D eigenvalue weighted by atomic mass is 79.9. The maximum absolute atomic E-state index is 12.6. The van der Waals surface area contributed by atoms with Gasteiger partial charge in [0.25, 0.3) is 0 Å². The first-order valence-electron chi connectivity index (χ1n) is 8.37. The zero-order chi connectivity index (χ0) is 18.7. The molecule has 0 aliphatic carbocycles. The summed E-state index contributed by atoms with van der Waals surface area (Å²) < 4.78 is 2.79. The maximum Gasteiger partial charge on any atom is 0.244 e. The van der Waals surface area contributed by atoms with E-state index in [1.54, 1.807) is 6.92 Å². The zero-order valence-corrected chi connectivity index (χ0v) is 16.2. The molecule has 0 fully saturated rings. The minimum Gasteiger partial charge on any atom is -0.392 e. The SMILES string of the molecule is Cc1cc(Br)ccc1NC(=O)Cn1c(NCC(C)O)nc2ccccc21. The van der Waals surface area contributed by atoms with Crippen molar-refractivity contribution >= 4 is 44.5 Å². The highest BCUT2D eigenvalue weighted by molar-refractivity contribution is 9.10. The van der Waals surface area contributed by atoms with Crippen LogP contribution < -0.4 is 10.6 Å². The normalized spacial score (nSPS) is 12.2. The molecular formula is C19H21BrN4O2. The van der Waals surface area contributed by atoms with Crippen molar-refractivity contribution in [2.45, 2.75) is 26.5 Å². The van der Waals surface area contributed by atoms with Crippen molar-refractivity contribution in [1.82, 2.24) is 9.55 Å². The molecule has 1 atom stereocenters. The molecule has 0 bridgehead atoms. The number of nitrogens with zero attached hydrogens (tertiary/aromatic N) is 2. The first kappa shape index (κ1) is 18.4. The topological polar surface area (TPSA) is 79.2 Å². The summed E-state index contributed by atoms with van der Waals surface area (Å²) in [6.45, 7) is 4.13. The molecular weight excluding hydrogens is 396 g/mol. The lowest BCUT2D eigenvalue weighted by atomic mass is 10.2. The Morgan fingerprint density at radius 1 is 1.31 bits per heavy atom. The van der Waals surface area contributed by atoms with Crippen molar-refractivity contribution in [2.24, 2.45) is 0 Å². The molecule has 1 aromatic heterocycles. The largest absolute Gasteiger partial charge is 0.392 e. The van der Waals surface area contributed by atoms with Crippen LogP contribution >= 0.6 is 15.9 Å². The highest BCUT2D eigenvalue weighted by Crippen LogP contribution is 2.22. The molecule has 0 aliphatic heterocycles. The molecule has 1 amide bonds. The van der Waals surface area contributed by atoms with Gasteiger partial charge in [-0.05, 0) is 49.7 Å². The van der Waals surface area contributed by atoms with E-state index < -0.39 is 6.10 Å². The Labute approximate surface area is 160 Å². The monoisotopic (exact) mass is 416 g/mol. The van der Waals surface area contributed by atoms with Crippen LogP contribution in [-0.2, 0) is 11.3 Å². The number of nitrogens with one attached hydrogen (secondary N) is 2. The van der Waals surface area contributed by atoms with Gasteiger partial charge < -0.3 is 20.3 Å². The lowest BCUT2D eigenvalue weighted by molar-refractivity contribution is -0.116. The van der Waals surface area contributed by atoms with Crippen LogP contribution in [0.5, 0.6) is 0 Å². The lowest BCUT2D eigenvalue weighted by Crippen LogP contribution is -2.22. The first-order chi connectivity index (χ1) is 12.4. The Kier molecular flexibility index (Phi) is 5.58. The number of imidazole rings is 1. The number of amides is 1. The van der Waals surface area contributed by atoms with Crippen LogP contribution in [-0.4, -0.2) is 33.2 Å². The molecule has 1 unspecified atom stereocenters. The van der Waals surface area contributed by atoms with Gasteiger partial charge in [0.15, 0.2) is 0 Å². The standard InChI is InChI=1S/C19H21BrN4O2/c1-12-9-14(20)7-8-15(12)22-18(26)11-24-17-6-4-3-5-16(17)23-19(24)21-10-13(2)25/h3-9,13,25H,10-11H2,1-2H3,(H,21,23)(H,22,26).